The topological polar surface area (TPSA) is 36.9 Å². The van der Waals surface area contributed by atoms with E-state index in [0.717, 1.165) is 101 Å². The van der Waals surface area contributed by atoms with Gasteiger partial charge in [0.2, 0.25) is 0 Å². The number of rotatable bonds is 8. The van der Waals surface area contributed by atoms with Crippen LogP contribution in [0.4, 0.5) is 0 Å². The van der Waals surface area contributed by atoms with E-state index in [9.17, 15) is 0 Å². The van der Waals surface area contributed by atoms with Crippen LogP contribution in [-0.2, 0) is 0 Å². The molecule has 0 N–H and O–H groups in total. The van der Waals surface area contributed by atoms with E-state index < -0.39 is 0 Å². The summed E-state index contributed by atoms with van der Waals surface area (Å²) in [4.78, 5) is 0. The number of hydrogen-bond donors (Lipinski definition) is 0. The Bertz CT molecular complexity index is 5100. The van der Waals surface area contributed by atoms with Crippen molar-refractivity contribution in [2.45, 2.75) is 13.8 Å². The van der Waals surface area contributed by atoms with E-state index in [1.165, 1.54) is 98.7 Å². The van der Waals surface area contributed by atoms with Gasteiger partial charge in [-0.2, -0.15) is 0 Å². The van der Waals surface area contributed by atoms with Crippen LogP contribution in [0, 0.1) is 13.8 Å². The summed E-state index contributed by atoms with van der Waals surface area (Å²) in [5.41, 5.74) is 28.1. The molecule has 0 amide bonds. The van der Waals surface area contributed by atoms with Gasteiger partial charge in [-0.15, -0.1) is 0 Å². The SMILES string of the molecule is COc1ccc2c(c1)Oc1cc(OC)cc3c1B2c1cc2c(-c4c(-c5ccccc5)cccc4-c4ccccc4)cc4c5c(cc6c(-c7c(-c8ccccc8)cccc7-c7ccccc7)cc-3c1c6c25)B1c2ccc(C)cc2Oc2cc(C)cc-4c21. The molecule has 6 heteroatoms. The van der Waals surface area contributed by atoms with Gasteiger partial charge < -0.3 is 18.9 Å². The van der Waals surface area contributed by atoms with Gasteiger partial charge in [0.15, 0.2) is 0 Å². The lowest BCUT2D eigenvalue weighted by Gasteiger charge is -2.38. The maximum atomic E-state index is 7.18. The maximum Gasteiger partial charge on any atom is 0.252 e. The first-order valence-electron chi connectivity index (χ1n) is 29.7. The maximum absolute atomic E-state index is 7.18. The van der Waals surface area contributed by atoms with Gasteiger partial charge in [-0.05, 0) is 205 Å². The summed E-state index contributed by atoms with van der Waals surface area (Å²) in [6, 6.07) is 90.2. The molecule has 0 radical (unpaired) electrons. The van der Waals surface area contributed by atoms with Crippen LogP contribution < -0.4 is 51.7 Å². The van der Waals surface area contributed by atoms with E-state index in [1.54, 1.807) is 14.2 Å². The fraction of sp³-hybridized carbons (Fsp3) is 0.0500. The standard InChI is InChI=1S/C80H52B2O4/c1-45-31-33-65-69(36-45)85-71-37-46(2)35-63-59-41-57(73-53(47-19-9-5-10-20-47)27-17-28-54(73)48-21-11-6-12-22-48)61-44-68-76-60(64-38-52(84-4)40-72-80(64)82(68)66-34-32-51(83-3)39-70(66)86-72)42-58(62-43-67(81(65)79(63)71)75(59)77(61)78(62)76)74-55(49-23-13-7-14-24-49)29-18-30-56(74)50-25-15-8-16-26-50/h5-44H,1-4H3. The van der Waals surface area contributed by atoms with Crippen LogP contribution >= 0.6 is 0 Å². The summed E-state index contributed by atoms with van der Waals surface area (Å²) in [5.74, 6) is 4.85. The second-order valence-electron chi connectivity index (χ2n) is 23.7. The highest BCUT2D eigenvalue weighted by Crippen LogP contribution is 2.55. The predicted octanol–water partition coefficient (Wildman–Crippen LogP) is 16.4. The highest BCUT2D eigenvalue weighted by atomic mass is 16.5. The van der Waals surface area contributed by atoms with E-state index >= 15 is 0 Å². The van der Waals surface area contributed by atoms with Gasteiger partial charge >= 0.3 is 0 Å². The molecule has 4 aliphatic heterocycles. The van der Waals surface area contributed by atoms with Gasteiger partial charge in [-0.25, -0.2) is 0 Å². The average Bonchev–Trinajstić information content (AvgIpc) is 0.673. The van der Waals surface area contributed by atoms with Crippen molar-refractivity contribution >= 4 is 78.5 Å². The lowest BCUT2D eigenvalue weighted by molar-refractivity contribution is 0.405. The summed E-state index contributed by atoms with van der Waals surface area (Å²) >= 11 is 0. The highest BCUT2D eigenvalue weighted by Gasteiger charge is 2.45. The molecule has 14 aromatic carbocycles. The second-order valence-corrected chi connectivity index (χ2v) is 23.7. The van der Waals surface area contributed by atoms with Crippen molar-refractivity contribution in [2.75, 3.05) is 14.2 Å². The summed E-state index contributed by atoms with van der Waals surface area (Å²) in [7, 11) is 3.49. The zero-order valence-corrected chi connectivity index (χ0v) is 47.9. The summed E-state index contributed by atoms with van der Waals surface area (Å²) in [5, 5.41) is 7.43. The molecular weight excluding hydrogens is 1050 g/mol. The Balaban J connectivity index is 1.12. The average molecular weight is 1100 g/mol. The molecule has 14 aromatic rings. The fourth-order valence-corrected chi connectivity index (χ4v) is 15.5. The van der Waals surface area contributed by atoms with Crippen molar-refractivity contribution in [1.29, 1.82) is 0 Å². The Labute approximate surface area is 500 Å². The molecule has 18 rings (SSSR count). The summed E-state index contributed by atoms with van der Waals surface area (Å²) in [6.45, 7) is 4.04. The van der Waals surface area contributed by atoms with Crippen LogP contribution in [0.5, 0.6) is 34.5 Å². The van der Waals surface area contributed by atoms with Crippen LogP contribution in [0.2, 0.25) is 0 Å². The number of benzene rings is 14. The number of fused-ring (bicyclic) bond motifs is 8. The molecule has 0 unspecified atom stereocenters. The van der Waals surface area contributed by atoms with Crippen molar-refractivity contribution < 1.29 is 18.9 Å². The second kappa shape index (κ2) is 18.5. The molecule has 4 heterocycles. The van der Waals surface area contributed by atoms with E-state index in [0.29, 0.717) is 0 Å². The lowest BCUT2D eigenvalue weighted by Crippen LogP contribution is -2.58. The van der Waals surface area contributed by atoms with E-state index in [1.807, 2.05) is 0 Å². The van der Waals surface area contributed by atoms with Gasteiger partial charge in [-0.3, -0.25) is 0 Å². The quantitative estimate of drug-likeness (QED) is 0.112. The van der Waals surface area contributed by atoms with E-state index in [2.05, 4.69) is 257 Å². The van der Waals surface area contributed by atoms with Crippen molar-refractivity contribution in [3.05, 3.63) is 254 Å². The van der Waals surface area contributed by atoms with Crippen molar-refractivity contribution in [3.63, 3.8) is 0 Å². The number of hydrogen-bond acceptors (Lipinski definition) is 4. The normalized spacial score (nSPS) is 12.8. The van der Waals surface area contributed by atoms with Gasteiger partial charge in [0.25, 0.3) is 13.4 Å². The smallest absolute Gasteiger partial charge is 0.252 e. The molecule has 0 aromatic heterocycles. The molecule has 402 valence electrons. The van der Waals surface area contributed by atoms with Crippen LogP contribution in [0.1, 0.15) is 11.1 Å². The third-order valence-corrected chi connectivity index (χ3v) is 19.0. The molecule has 0 saturated heterocycles. The minimum absolute atomic E-state index is 0.130. The molecule has 4 nitrogen and oxygen atoms in total. The molecule has 0 saturated carbocycles. The van der Waals surface area contributed by atoms with Crippen LogP contribution in [-0.4, -0.2) is 27.6 Å². The molecule has 4 aliphatic rings. The third-order valence-electron chi connectivity index (χ3n) is 19.0. The van der Waals surface area contributed by atoms with Gasteiger partial charge in [0.1, 0.15) is 34.5 Å². The largest absolute Gasteiger partial charge is 0.497 e. The van der Waals surface area contributed by atoms with E-state index in [-0.39, 0.29) is 13.4 Å². The highest BCUT2D eigenvalue weighted by molar-refractivity contribution is 7.01. The van der Waals surface area contributed by atoms with Crippen molar-refractivity contribution in [3.8, 4) is 124 Å². The van der Waals surface area contributed by atoms with Crippen LogP contribution in [0.3, 0.4) is 0 Å². The molecule has 0 aliphatic carbocycles. The Kier molecular flexibility index (Phi) is 10.5. The monoisotopic (exact) mass is 1100 g/mol. The minimum atomic E-state index is -0.212. The molecule has 0 fully saturated rings. The fourth-order valence-electron chi connectivity index (χ4n) is 15.5. The molecular formula is C80H52B2O4. The van der Waals surface area contributed by atoms with Crippen LogP contribution in [0.25, 0.3) is 121 Å². The first-order valence-corrected chi connectivity index (χ1v) is 29.7. The predicted molar refractivity (Wildman–Crippen MR) is 359 cm³/mol. The minimum Gasteiger partial charge on any atom is -0.497 e. The molecule has 0 spiro atoms. The number of methoxy groups -OCH3 is 2. The number of aryl methyl sites for hydroxylation is 2. The molecule has 0 bridgehead atoms. The van der Waals surface area contributed by atoms with Gasteiger partial charge in [-0.1, -0.05) is 205 Å². The van der Waals surface area contributed by atoms with E-state index in [4.69, 9.17) is 18.9 Å². The summed E-state index contributed by atoms with van der Waals surface area (Å²) in [6.07, 6.45) is 0. The summed E-state index contributed by atoms with van der Waals surface area (Å²) < 4.78 is 26.6. The van der Waals surface area contributed by atoms with Crippen LogP contribution in [0.15, 0.2) is 243 Å². The van der Waals surface area contributed by atoms with Gasteiger partial charge in [0, 0.05) is 12.1 Å². The molecule has 86 heavy (non-hydrogen) atoms. The number of ether oxygens (including phenoxy) is 4. The first kappa shape index (κ1) is 48.9. The lowest BCUT2D eigenvalue weighted by atomic mass is 9.31. The Hall–Kier alpha value is -10.6. The van der Waals surface area contributed by atoms with Crippen molar-refractivity contribution in [2.24, 2.45) is 0 Å². The Morgan fingerprint density at radius 3 is 1.15 bits per heavy atom. The Morgan fingerprint density at radius 2 is 0.686 bits per heavy atom. The molecule has 0 atom stereocenters. The zero-order valence-electron chi connectivity index (χ0n) is 47.9. The third kappa shape index (κ3) is 6.95. The zero-order chi connectivity index (χ0) is 57.1. The van der Waals surface area contributed by atoms with Crippen molar-refractivity contribution in [1.82, 2.24) is 0 Å². The van der Waals surface area contributed by atoms with Gasteiger partial charge in [0.05, 0.1) is 14.2 Å². The Morgan fingerprint density at radius 1 is 0.279 bits per heavy atom. The first-order chi connectivity index (χ1) is 42.4.